The lowest BCUT2D eigenvalue weighted by atomic mass is 10.1. The van der Waals surface area contributed by atoms with E-state index in [2.05, 4.69) is 22.1 Å². The third-order valence-corrected chi connectivity index (χ3v) is 4.66. The average Bonchev–Trinajstić information content (AvgIpc) is 3.16. The van der Waals surface area contributed by atoms with Crippen LogP contribution in [0.5, 0.6) is 0 Å². The molecule has 3 rings (SSSR count). The molecule has 1 saturated carbocycles. The summed E-state index contributed by atoms with van der Waals surface area (Å²) in [5, 5.41) is 3.75. The van der Waals surface area contributed by atoms with Crippen LogP contribution >= 0.6 is 11.3 Å². The second kappa shape index (κ2) is 6.76. The van der Waals surface area contributed by atoms with Gasteiger partial charge in [-0.15, -0.1) is 11.3 Å². The molecule has 1 aliphatic carbocycles. The number of hydrogen-bond acceptors (Lipinski definition) is 3. The molecule has 0 unspecified atom stereocenters. The smallest absolute Gasteiger partial charge is 0.263 e. The Morgan fingerprint density at radius 3 is 2.91 bits per heavy atom. The summed E-state index contributed by atoms with van der Waals surface area (Å²) in [6.45, 7) is 2.04. The lowest BCUT2D eigenvalue weighted by Crippen LogP contribution is -2.31. The molecule has 1 fully saturated rings. The van der Waals surface area contributed by atoms with Crippen molar-refractivity contribution in [2.24, 2.45) is 0 Å². The maximum atomic E-state index is 12.1. The molecule has 0 radical (unpaired) electrons. The summed E-state index contributed by atoms with van der Waals surface area (Å²) in [4.78, 5) is 17.0. The average molecular weight is 310 g/mol. The first kappa shape index (κ1) is 14.8. The van der Waals surface area contributed by atoms with Gasteiger partial charge in [-0.05, 0) is 43.4 Å². The van der Waals surface area contributed by atoms with Crippen LogP contribution in [0.1, 0.15) is 51.5 Å². The van der Waals surface area contributed by atoms with Crippen molar-refractivity contribution in [3.8, 4) is 11.8 Å². The summed E-state index contributed by atoms with van der Waals surface area (Å²) in [5.41, 5.74) is 2.15. The standard InChI is InChI=1S/C18H18N2OS/c1-13-5-4-6-14(11-13)9-10-17-19-12-16(22-17)18(21)20-15-7-2-3-8-15/h4-6,11-12,15H,2-3,7-8H2,1H3,(H,20,21). The third kappa shape index (κ3) is 3.75. The zero-order valence-corrected chi connectivity index (χ0v) is 13.4. The fraction of sp³-hybridized carbons (Fsp3) is 0.333. The van der Waals surface area contributed by atoms with Crippen LogP contribution in [0.15, 0.2) is 30.5 Å². The number of carbonyl (C=O) groups excluding carboxylic acids is 1. The van der Waals surface area contributed by atoms with Crippen molar-refractivity contribution in [1.82, 2.24) is 10.3 Å². The SMILES string of the molecule is Cc1cccc(C#Cc2ncc(C(=O)NC3CCCC3)s2)c1. The van der Waals surface area contributed by atoms with Crippen LogP contribution in [0.25, 0.3) is 0 Å². The Hall–Kier alpha value is -2.12. The summed E-state index contributed by atoms with van der Waals surface area (Å²) in [7, 11) is 0. The Balaban J connectivity index is 1.67. The first-order chi connectivity index (χ1) is 10.7. The zero-order chi connectivity index (χ0) is 15.4. The number of benzene rings is 1. The number of carbonyl (C=O) groups is 1. The lowest BCUT2D eigenvalue weighted by molar-refractivity contribution is 0.0942. The molecule has 112 valence electrons. The van der Waals surface area contributed by atoms with E-state index < -0.39 is 0 Å². The van der Waals surface area contributed by atoms with E-state index in [1.807, 2.05) is 31.2 Å². The molecule has 0 spiro atoms. The summed E-state index contributed by atoms with van der Waals surface area (Å²) in [5.74, 6) is 6.11. The number of nitrogens with zero attached hydrogens (tertiary/aromatic N) is 1. The quantitative estimate of drug-likeness (QED) is 0.862. The van der Waals surface area contributed by atoms with Crippen molar-refractivity contribution >= 4 is 17.2 Å². The second-order valence-corrected chi connectivity index (χ2v) is 6.63. The maximum Gasteiger partial charge on any atom is 0.263 e. The van der Waals surface area contributed by atoms with Gasteiger partial charge in [-0.3, -0.25) is 4.79 Å². The topological polar surface area (TPSA) is 42.0 Å². The van der Waals surface area contributed by atoms with Gasteiger partial charge in [0.05, 0.1) is 6.20 Å². The van der Waals surface area contributed by atoms with E-state index in [4.69, 9.17) is 0 Å². The molecular weight excluding hydrogens is 292 g/mol. The van der Waals surface area contributed by atoms with Crippen molar-refractivity contribution in [3.63, 3.8) is 0 Å². The normalized spacial score (nSPS) is 14.4. The van der Waals surface area contributed by atoms with Crippen LogP contribution in [0, 0.1) is 18.8 Å². The number of amides is 1. The Bertz CT molecular complexity index is 733. The molecule has 1 N–H and O–H groups in total. The molecular formula is C18H18N2OS. The van der Waals surface area contributed by atoms with Gasteiger partial charge in [0.2, 0.25) is 0 Å². The number of nitrogens with one attached hydrogen (secondary N) is 1. The van der Waals surface area contributed by atoms with E-state index >= 15 is 0 Å². The Morgan fingerprint density at radius 1 is 1.32 bits per heavy atom. The largest absolute Gasteiger partial charge is 0.349 e. The van der Waals surface area contributed by atoms with Gasteiger partial charge in [-0.1, -0.05) is 30.9 Å². The van der Waals surface area contributed by atoms with Gasteiger partial charge in [0, 0.05) is 11.6 Å². The highest BCUT2D eigenvalue weighted by molar-refractivity contribution is 7.14. The molecule has 1 heterocycles. The van der Waals surface area contributed by atoms with Crippen molar-refractivity contribution < 1.29 is 4.79 Å². The van der Waals surface area contributed by atoms with Gasteiger partial charge in [-0.2, -0.15) is 0 Å². The molecule has 3 nitrogen and oxygen atoms in total. The summed E-state index contributed by atoms with van der Waals surface area (Å²) < 4.78 is 0. The van der Waals surface area contributed by atoms with E-state index in [1.54, 1.807) is 6.20 Å². The fourth-order valence-electron chi connectivity index (χ4n) is 2.61. The minimum Gasteiger partial charge on any atom is -0.349 e. The minimum absolute atomic E-state index is 0.0204. The highest BCUT2D eigenvalue weighted by atomic mass is 32.1. The highest BCUT2D eigenvalue weighted by Crippen LogP contribution is 2.19. The molecule has 0 atom stereocenters. The Kier molecular flexibility index (Phi) is 4.55. The number of rotatable bonds is 2. The van der Waals surface area contributed by atoms with E-state index in [0.29, 0.717) is 15.9 Å². The molecule has 1 aromatic heterocycles. The van der Waals surface area contributed by atoms with Crippen LogP contribution in [-0.4, -0.2) is 16.9 Å². The van der Waals surface area contributed by atoms with Crippen molar-refractivity contribution in [3.05, 3.63) is 51.5 Å². The predicted octanol–water partition coefficient (Wildman–Crippen LogP) is 3.52. The Morgan fingerprint density at radius 2 is 2.14 bits per heavy atom. The van der Waals surface area contributed by atoms with Crippen LogP contribution in [0.2, 0.25) is 0 Å². The van der Waals surface area contributed by atoms with Gasteiger partial charge >= 0.3 is 0 Å². The van der Waals surface area contributed by atoms with E-state index in [0.717, 1.165) is 18.4 Å². The lowest BCUT2D eigenvalue weighted by Gasteiger charge is -2.09. The summed E-state index contributed by atoms with van der Waals surface area (Å²) >= 11 is 1.35. The number of hydrogen-bond donors (Lipinski definition) is 1. The third-order valence-electron chi connectivity index (χ3n) is 3.75. The zero-order valence-electron chi connectivity index (χ0n) is 12.6. The first-order valence-electron chi connectivity index (χ1n) is 7.56. The molecule has 1 amide bonds. The number of aryl methyl sites for hydroxylation is 1. The minimum atomic E-state index is -0.0204. The Labute approximate surface area is 134 Å². The fourth-order valence-corrected chi connectivity index (χ4v) is 3.28. The molecule has 1 aromatic carbocycles. The van der Waals surface area contributed by atoms with Crippen molar-refractivity contribution in [1.29, 1.82) is 0 Å². The monoisotopic (exact) mass is 310 g/mol. The predicted molar refractivity (Wildman–Crippen MR) is 89.0 cm³/mol. The van der Waals surface area contributed by atoms with Crippen LogP contribution in [0.3, 0.4) is 0 Å². The van der Waals surface area contributed by atoms with Crippen molar-refractivity contribution in [2.45, 2.75) is 38.6 Å². The molecule has 0 bridgehead atoms. The molecule has 0 aliphatic heterocycles. The number of aromatic nitrogens is 1. The molecule has 1 aliphatic rings. The van der Waals surface area contributed by atoms with Crippen LogP contribution in [0.4, 0.5) is 0 Å². The highest BCUT2D eigenvalue weighted by Gasteiger charge is 2.19. The van der Waals surface area contributed by atoms with Crippen LogP contribution < -0.4 is 5.32 Å². The molecule has 22 heavy (non-hydrogen) atoms. The van der Waals surface area contributed by atoms with Gasteiger partial charge in [0.15, 0.2) is 5.01 Å². The van der Waals surface area contributed by atoms with Gasteiger partial charge in [-0.25, -0.2) is 4.98 Å². The van der Waals surface area contributed by atoms with Crippen molar-refractivity contribution in [2.75, 3.05) is 0 Å². The van der Waals surface area contributed by atoms with E-state index in [1.165, 1.54) is 29.7 Å². The van der Waals surface area contributed by atoms with E-state index in [9.17, 15) is 4.79 Å². The summed E-state index contributed by atoms with van der Waals surface area (Å²) in [6, 6.07) is 8.37. The molecule has 2 aromatic rings. The molecule has 4 heteroatoms. The van der Waals surface area contributed by atoms with E-state index in [-0.39, 0.29) is 5.91 Å². The van der Waals surface area contributed by atoms with Gasteiger partial charge < -0.3 is 5.32 Å². The first-order valence-corrected chi connectivity index (χ1v) is 8.38. The maximum absolute atomic E-state index is 12.1. The number of thiazole rings is 1. The van der Waals surface area contributed by atoms with Gasteiger partial charge in [0.1, 0.15) is 4.88 Å². The van der Waals surface area contributed by atoms with Crippen LogP contribution in [-0.2, 0) is 0 Å². The van der Waals surface area contributed by atoms with Gasteiger partial charge in [0.25, 0.3) is 5.91 Å². The summed E-state index contributed by atoms with van der Waals surface area (Å²) in [6.07, 6.45) is 6.21. The molecule has 0 saturated heterocycles. The second-order valence-electron chi connectivity index (χ2n) is 5.60.